The molecule has 1 aliphatic rings. The minimum absolute atomic E-state index is 0.0307. The van der Waals surface area contributed by atoms with Gasteiger partial charge in [-0.1, -0.05) is 11.3 Å². The lowest BCUT2D eigenvalue weighted by Crippen LogP contribution is -2.26. The molecule has 7 nitrogen and oxygen atoms in total. The Kier molecular flexibility index (Phi) is 4.72. The monoisotopic (exact) mass is 381 g/mol. The van der Waals surface area contributed by atoms with Crippen LogP contribution in [-0.4, -0.2) is 38.5 Å². The third-order valence-electron chi connectivity index (χ3n) is 4.46. The van der Waals surface area contributed by atoms with E-state index in [0.29, 0.717) is 18.5 Å². The molecule has 2 aromatic heterocycles. The molecule has 0 aliphatic carbocycles. The van der Waals surface area contributed by atoms with Gasteiger partial charge in [0, 0.05) is 48.2 Å². The van der Waals surface area contributed by atoms with E-state index < -0.39 is 0 Å². The van der Waals surface area contributed by atoms with Gasteiger partial charge in [0.25, 0.3) is 5.91 Å². The number of amides is 2. The Bertz CT molecular complexity index is 980. The number of carbonyl (C=O) groups is 2. The van der Waals surface area contributed by atoms with Gasteiger partial charge < -0.3 is 10.2 Å². The van der Waals surface area contributed by atoms with E-state index >= 15 is 0 Å². The van der Waals surface area contributed by atoms with Crippen molar-refractivity contribution in [3.63, 3.8) is 0 Å². The van der Waals surface area contributed by atoms with Crippen LogP contribution >= 0.6 is 11.3 Å². The lowest BCUT2D eigenvalue weighted by atomic mass is 10.0. The summed E-state index contributed by atoms with van der Waals surface area (Å²) in [5, 5.41) is 7.84. The fourth-order valence-electron chi connectivity index (χ4n) is 3.09. The molecule has 1 aliphatic heterocycles. The SMILES string of the molecule is CN(Cc1cnc(-n2cccn2)s1)C(=O)c1ccc2c(c1)CCCC(=O)N2. The highest BCUT2D eigenvalue weighted by Gasteiger charge is 2.18. The van der Waals surface area contributed by atoms with Crippen LogP contribution in [0, 0.1) is 0 Å². The van der Waals surface area contributed by atoms with Crippen molar-refractivity contribution >= 4 is 28.8 Å². The molecule has 2 amide bonds. The highest BCUT2D eigenvalue weighted by molar-refractivity contribution is 7.14. The van der Waals surface area contributed by atoms with Crippen molar-refractivity contribution in [1.29, 1.82) is 0 Å². The molecule has 3 aromatic rings. The Labute approximate surface area is 160 Å². The number of hydrogen-bond acceptors (Lipinski definition) is 5. The lowest BCUT2D eigenvalue weighted by molar-refractivity contribution is -0.116. The third kappa shape index (κ3) is 3.75. The third-order valence-corrected chi connectivity index (χ3v) is 5.43. The molecule has 8 heteroatoms. The minimum atomic E-state index is -0.0533. The van der Waals surface area contributed by atoms with E-state index in [4.69, 9.17) is 0 Å². The Hall–Kier alpha value is -3.00. The van der Waals surface area contributed by atoms with E-state index in [1.165, 1.54) is 11.3 Å². The summed E-state index contributed by atoms with van der Waals surface area (Å²) in [6.45, 7) is 0.478. The summed E-state index contributed by atoms with van der Waals surface area (Å²) in [5.74, 6) is -0.0226. The van der Waals surface area contributed by atoms with Crippen LogP contribution < -0.4 is 5.32 Å². The highest BCUT2D eigenvalue weighted by atomic mass is 32.1. The Morgan fingerprint density at radius 2 is 2.26 bits per heavy atom. The molecule has 0 saturated heterocycles. The maximum absolute atomic E-state index is 12.8. The Morgan fingerprint density at radius 3 is 3.07 bits per heavy atom. The average Bonchev–Trinajstić information content (AvgIpc) is 3.30. The van der Waals surface area contributed by atoms with Gasteiger partial charge in [0.05, 0.1) is 6.54 Å². The highest BCUT2D eigenvalue weighted by Crippen LogP contribution is 2.24. The van der Waals surface area contributed by atoms with E-state index in [9.17, 15) is 9.59 Å². The fraction of sp³-hybridized carbons (Fsp3) is 0.263. The molecule has 0 radical (unpaired) electrons. The number of fused-ring (bicyclic) bond motifs is 1. The van der Waals surface area contributed by atoms with Crippen molar-refractivity contribution in [2.45, 2.75) is 25.8 Å². The van der Waals surface area contributed by atoms with Crippen LogP contribution in [0.25, 0.3) is 5.13 Å². The Morgan fingerprint density at radius 1 is 1.37 bits per heavy atom. The molecule has 1 aromatic carbocycles. The first-order chi connectivity index (χ1) is 13.1. The molecule has 0 saturated carbocycles. The number of aromatic nitrogens is 3. The predicted octanol–water partition coefficient (Wildman–Crippen LogP) is 2.88. The van der Waals surface area contributed by atoms with Gasteiger partial charge in [-0.15, -0.1) is 0 Å². The first-order valence-electron chi connectivity index (χ1n) is 8.73. The molecule has 0 fully saturated rings. The van der Waals surface area contributed by atoms with Gasteiger partial charge in [0.2, 0.25) is 11.0 Å². The largest absolute Gasteiger partial charge is 0.337 e. The maximum Gasteiger partial charge on any atom is 0.253 e. The zero-order valence-corrected chi connectivity index (χ0v) is 15.7. The molecule has 4 rings (SSSR count). The zero-order chi connectivity index (χ0) is 18.8. The van der Waals surface area contributed by atoms with E-state index in [2.05, 4.69) is 15.4 Å². The van der Waals surface area contributed by atoms with Crippen molar-refractivity contribution in [3.8, 4) is 5.13 Å². The van der Waals surface area contributed by atoms with E-state index in [-0.39, 0.29) is 11.8 Å². The van der Waals surface area contributed by atoms with Gasteiger partial charge in [-0.05, 0) is 42.7 Å². The molecule has 27 heavy (non-hydrogen) atoms. The maximum atomic E-state index is 12.8. The number of nitrogens with zero attached hydrogens (tertiary/aromatic N) is 4. The number of carbonyl (C=O) groups excluding carboxylic acids is 2. The topological polar surface area (TPSA) is 80.1 Å². The number of aryl methyl sites for hydroxylation is 1. The van der Waals surface area contributed by atoms with E-state index in [1.54, 1.807) is 35.1 Å². The van der Waals surface area contributed by atoms with Gasteiger partial charge in [0.1, 0.15) is 0 Å². The summed E-state index contributed by atoms with van der Waals surface area (Å²) in [4.78, 5) is 31.5. The van der Waals surface area contributed by atoms with Crippen molar-refractivity contribution in [2.24, 2.45) is 0 Å². The van der Waals surface area contributed by atoms with Crippen LogP contribution in [0.1, 0.15) is 33.6 Å². The van der Waals surface area contributed by atoms with Gasteiger partial charge >= 0.3 is 0 Å². The summed E-state index contributed by atoms with van der Waals surface area (Å²) >= 11 is 1.51. The first kappa shape index (κ1) is 17.4. The number of thiazole rings is 1. The fourth-order valence-corrected chi connectivity index (χ4v) is 4.00. The van der Waals surface area contributed by atoms with Crippen LogP contribution in [0.5, 0.6) is 0 Å². The van der Waals surface area contributed by atoms with Crippen molar-refractivity contribution < 1.29 is 9.59 Å². The van der Waals surface area contributed by atoms with Crippen LogP contribution in [0.2, 0.25) is 0 Å². The summed E-state index contributed by atoms with van der Waals surface area (Å²) in [6, 6.07) is 7.33. The molecule has 0 unspecified atom stereocenters. The molecule has 0 bridgehead atoms. The van der Waals surface area contributed by atoms with Crippen molar-refractivity contribution in [3.05, 3.63) is 58.9 Å². The summed E-state index contributed by atoms with van der Waals surface area (Å²) in [6.07, 6.45) is 7.42. The minimum Gasteiger partial charge on any atom is -0.337 e. The number of hydrogen-bond donors (Lipinski definition) is 1. The normalized spacial score (nSPS) is 13.6. The van der Waals surface area contributed by atoms with Gasteiger partial charge in [-0.3, -0.25) is 9.59 Å². The zero-order valence-electron chi connectivity index (χ0n) is 14.9. The molecule has 3 heterocycles. The van der Waals surface area contributed by atoms with Gasteiger partial charge in [0.15, 0.2) is 0 Å². The lowest BCUT2D eigenvalue weighted by Gasteiger charge is -2.17. The molecule has 1 N–H and O–H groups in total. The second-order valence-electron chi connectivity index (χ2n) is 6.49. The van der Waals surface area contributed by atoms with Gasteiger partial charge in [-0.2, -0.15) is 5.10 Å². The number of rotatable bonds is 4. The molecule has 0 spiro atoms. The van der Waals surface area contributed by atoms with E-state index in [1.807, 2.05) is 24.4 Å². The first-order valence-corrected chi connectivity index (χ1v) is 9.55. The second kappa shape index (κ2) is 7.32. The summed E-state index contributed by atoms with van der Waals surface area (Å²) in [7, 11) is 1.78. The molecular formula is C19H19N5O2S. The average molecular weight is 381 g/mol. The van der Waals surface area contributed by atoms with Crippen LogP contribution in [0.4, 0.5) is 5.69 Å². The van der Waals surface area contributed by atoms with Crippen molar-refractivity contribution in [2.75, 3.05) is 12.4 Å². The summed E-state index contributed by atoms with van der Waals surface area (Å²) in [5.41, 5.74) is 2.45. The number of anilines is 1. The van der Waals surface area contributed by atoms with E-state index in [0.717, 1.165) is 34.1 Å². The summed E-state index contributed by atoms with van der Waals surface area (Å²) < 4.78 is 1.71. The predicted molar refractivity (Wildman–Crippen MR) is 103 cm³/mol. The molecule has 0 atom stereocenters. The smallest absolute Gasteiger partial charge is 0.253 e. The number of benzene rings is 1. The van der Waals surface area contributed by atoms with Gasteiger partial charge in [-0.25, -0.2) is 9.67 Å². The van der Waals surface area contributed by atoms with Crippen LogP contribution in [0.3, 0.4) is 0 Å². The quantitative estimate of drug-likeness (QED) is 0.754. The van der Waals surface area contributed by atoms with Crippen LogP contribution in [-0.2, 0) is 17.8 Å². The standard InChI is InChI=1S/C19H19N5O2S/c1-23(12-15-11-20-19(27-15)24-9-3-8-21-24)18(26)14-6-7-16-13(10-14)4-2-5-17(25)22-16/h3,6-11H,2,4-5,12H2,1H3,(H,22,25). The molecule has 138 valence electrons. The van der Waals surface area contributed by atoms with Crippen molar-refractivity contribution in [1.82, 2.24) is 19.7 Å². The van der Waals surface area contributed by atoms with Crippen LogP contribution in [0.15, 0.2) is 42.9 Å². The Balaban J connectivity index is 1.48. The molecular weight excluding hydrogens is 362 g/mol. The number of nitrogens with one attached hydrogen (secondary N) is 1. The second-order valence-corrected chi connectivity index (χ2v) is 7.59.